The van der Waals surface area contributed by atoms with Gasteiger partial charge >= 0.3 is 228 Å². The number of hydrogen-bond donors (Lipinski definition) is 0. The third-order valence-electron chi connectivity index (χ3n) is 8.63. The molecule has 0 spiro atoms. The van der Waals surface area contributed by atoms with E-state index in [-0.39, 0.29) is 7.25 Å². The summed E-state index contributed by atoms with van der Waals surface area (Å²) < 4.78 is 0.343. The Balaban J connectivity index is 1.70. The van der Waals surface area contributed by atoms with Gasteiger partial charge in [0.1, 0.15) is 0 Å². The molecule has 0 radical (unpaired) electrons. The van der Waals surface area contributed by atoms with Crippen molar-refractivity contribution in [1.82, 2.24) is 0 Å². The summed E-state index contributed by atoms with van der Waals surface area (Å²) in [5.41, 5.74) is 10.8. The van der Waals surface area contributed by atoms with E-state index in [4.69, 9.17) is 17.0 Å². The van der Waals surface area contributed by atoms with E-state index >= 15 is 0 Å². The van der Waals surface area contributed by atoms with Crippen LogP contribution in [0.5, 0.6) is 0 Å². The Labute approximate surface area is 226 Å². The molecule has 2 aliphatic carbocycles. The second-order valence-electron chi connectivity index (χ2n) is 11.3. The summed E-state index contributed by atoms with van der Waals surface area (Å²) in [5, 5.41) is 0. The third kappa shape index (κ3) is 4.12. The molecule has 36 heavy (non-hydrogen) atoms. The number of benzene rings is 3. The van der Waals surface area contributed by atoms with Crippen LogP contribution in [0.2, 0.25) is 13.1 Å². The van der Waals surface area contributed by atoms with Gasteiger partial charge in [0.15, 0.2) is 0 Å². The van der Waals surface area contributed by atoms with E-state index in [1.165, 1.54) is 44.5 Å². The van der Waals surface area contributed by atoms with Gasteiger partial charge in [0.2, 0.25) is 0 Å². The number of allylic oxidation sites excluding steroid dienone is 2. The van der Waals surface area contributed by atoms with E-state index in [2.05, 4.69) is 119 Å². The maximum atomic E-state index is 8.23. The van der Waals surface area contributed by atoms with Crippen molar-refractivity contribution in [1.29, 1.82) is 0 Å². The van der Waals surface area contributed by atoms with Crippen LogP contribution >= 0.6 is 17.0 Å². The normalized spacial score (nSPS) is 19.8. The first kappa shape index (κ1) is 26.4. The Bertz CT molecular complexity index is 1350. The molecule has 0 heterocycles. The second-order valence-corrected chi connectivity index (χ2v) is 54.0. The first-order chi connectivity index (χ1) is 17.2. The standard InChI is InChI=1S/C21H23.C9H7.C2H7Si.2ClH.Zr/c1-4-6-16-13-19-7-5-8-20(21(19)14-16)18-11-9-17(10-12-18)15(2)3;1-2-5-9-7-3-6-8(9)4-1;1-3-2;;;/h5,7-15H,4,6H2,1-3H3;1-7H;3H,1-2H3;2*1H;/q;;;;;+2/p-2. The van der Waals surface area contributed by atoms with Crippen LogP contribution in [0.3, 0.4) is 0 Å². The van der Waals surface area contributed by atoms with E-state index in [1.807, 2.05) is 0 Å². The Hall–Kier alpha value is -1.18. The molecule has 0 saturated carbocycles. The Morgan fingerprint density at radius 1 is 0.889 bits per heavy atom. The molecule has 4 heteroatoms. The van der Waals surface area contributed by atoms with Gasteiger partial charge in [0, 0.05) is 0 Å². The predicted octanol–water partition coefficient (Wildman–Crippen LogP) is 10.5. The van der Waals surface area contributed by atoms with Gasteiger partial charge in [0.05, 0.1) is 0 Å². The molecule has 2 aliphatic rings. The van der Waals surface area contributed by atoms with Crippen LogP contribution in [0.25, 0.3) is 23.3 Å². The van der Waals surface area contributed by atoms with E-state index in [0.717, 1.165) is 12.8 Å². The van der Waals surface area contributed by atoms with Crippen molar-refractivity contribution < 1.29 is 15.6 Å². The van der Waals surface area contributed by atoms with E-state index in [1.54, 1.807) is 0 Å². The van der Waals surface area contributed by atoms with Crippen LogP contribution < -0.4 is 0 Å². The molecule has 0 aliphatic heterocycles. The van der Waals surface area contributed by atoms with Crippen molar-refractivity contribution in [3.8, 4) is 11.1 Å². The van der Waals surface area contributed by atoms with Crippen LogP contribution in [-0.4, -0.2) is 5.92 Å². The molecule has 0 N–H and O–H groups in total. The van der Waals surface area contributed by atoms with Crippen molar-refractivity contribution in [3.63, 3.8) is 0 Å². The van der Waals surface area contributed by atoms with Crippen molar-refractivity contribution in [2.24, 2.45) is 0 Å². The zero-order valence-corrected chi connectivity index (χ0v) is 27.2. The van der Waals surface area contributed by atoms with E-state index < -0.39 is 21.5 Å². The SMILES string of the molecule is CCCC1=Cc2c(-c3ccc(C(C)C)cc3)cccc2[CH]1[Zr]([Cl])([Cl])([CH]1C=Cc2ccccc21)[SiH](C)C. The van der Waals surface area contributed by atoms with Crippen LogP contribution in [0.4, 0.5) is 0 Å². The summed E-state index contributed by atoms with van der Waals surface area (Å²) in [4.78, 5) is 0. The zero-order chi connectivity index (χ0) is 25.7. The van der Waals surface area contributed by atoms with Gasteiger partial charge in [-0.2, -0.15) is 0 Å². The summed E-state index contributed by atoms with van der Waals surface area (Å²) in [6.07, 6.45) is 9.24. The van der Waals surface area contributed by atoms with E-state index in [9.17, 15) is 0 Å². The van der Waals surface area contributed by atoms with Crippen LogP contribution in [0, 0.1) is 0 Å². The minimum absolute atomic E-state index is 0.169. The van der Waals surface area contributed by atoms with Crippen molar-refractivity contribution >= 4 is 35.1 Å². The number of fused-ring (bicyclic) bond motifs is 2. The van der Waals surface area contributed by atoms with Crippen molar-refractivity contribution in [2.45, 2.75) is 59.9 Å². The molecule has 0 fully saturated rings. The molecule has 3 aromatic carbocycles. The van der Waals surface area contributed by atoms with Gasteiger partial charge in [-0.05, 0) is 0 Å². The van der Waals surface area contributed by atoms with E-state index in [0.29, 0.717) is 5.92 Å². The third-order valence-corrected chi connectivity index (χ3v) is 60.6. The molecule has 3 aromatic rings. The van der Waals surface area contributed by atoms with Gasteiger partial charge in [-0.3, -0.25) is 0 Å². The van der Waals surface area contributed by atoms with Crippen LogP contribution in [0.15, 0.2) is 78.4 Å². The molecule has 0 bridgehead atoms. The Morgan fingerprint density at radius 3 is 2.25 bits per heavy atom. The molecule has 0 aromatic heterocycles. The van der Waals surface area contributed by atoms with Gasteiger partial charge in [-0.1, -0.05) is 0 Å². The molecule has 0 saturated heterocycles. The summed E-state index contributed by atoms with van der Waals surface area (Å²) in [6.45, 7) is 11.6. The van der Waals surface area contributed by atoms with Crippen molar-refractivity contribution in [2.75, 3.05) is 0 Å². The molecule has 0 nitrogen and oxygen atoms in total. The molecule has 187 valence electrons. The average molecular weight is 612 g/mol. The fourth-order valence-corrected chi connectivity index (χ4v) is 36.0. The number of hydrogen-bond acceptors (Lipinski definition) is 0. The summed E-state index contributed by atoms with van der Waals surface area (Å²) in [7, 11) is 16.5. The Morgan fingerprint density at radius 2 is 1.58 bits per heavy atom. The molecule has 5 rings (SSSR count). The maximum absolute atomic E-state index is 8.23. The average Bonchev–Trinajstić information content (AvgIpc) is 3.47. The van der Waals surface area contributed by atoms with Gasteiger partial charge < -0.3 is 0 Å². The topological polar surface area (TPSA) is 0 Å². The first-order valence-electron chi connectivity index (χ1n) is 13.4. The fraction of sp³-hybridized carbons (Fsp3) is 0.312. The van der Waals surface area contributed by atoms with Crippen molar-refractivity contribution in [3.05, 3.63) is 106 Å². The number of rotatable bonds is 7. The molecule has 2 unspecified atom stereocenters. The monoisotopic (exact) mass is 609 g/mol. The van der Waals surface area contributed by atoms with Gasteiger partial charge in [-0.15, -0.1) is 0 Å². The quantitative estimate of drug-likeness (QED) is 0.233. The summed E-state index contributed by atoms with van der Waals surface area (Å²) in [6, 6.07) is 24.7. The molecular formula is C32H37Cl2SiZr. The summed E-state index contributed by atoms with van der Waals surface area (Å²) in [5.74, 6) is -0.933. The van der Waals surface area contributed by atoms with Gasteiger partial charge in [0.25, 0.3) is 0 Å². The van der Waals surface area contributed by atoms with Crippen LogP contribution in [0.1, 0.15) is 74.6 Å². The second kappa shape index (κ2) is 9.85. The van der Waals surface area contributed by atoms with Crippen LogP contribution in [-0.2, 0) is 15.6 Å². The van der Waals surface area contributed by atoms with Gasteiger partial charge in [-0.25, -0.2) is 0 Å². The molecule has 0 amide bonds. The molecular weight excluding hydrogens is 575 g/mol. The first-order valence-corrected chi connectivity index (χ1v) is 29.8. The predicted molar refractivity (Wildman–Crippen MR) is 160 cm³/mol. The Kier molecular flexibility index (Phi) is 7.23. The summed E-state index contributed by atoms with van der Waals surface area (Å²) >= 11 is -4.49. The minimum atomic E-state index is -4.49. The zero-order valence-electron chi connectivity index (χ0n) is 22.1. The number of halogens is 2. The fourth-order valence-electron chi connectivity index (χ4n) is 6.52. The molecule has 2 atom stereocenters.